The molecule has 9 nitrogen and oxygen atoms in total. The van der Waals surface area contributed by atoms with Crippen molar-refractivity contribution in [2.75, 3.05) is 0 Å². The second-order valence-corrected chi connectivity index (χ2v) is 6.69. The summed E-state index contributed by atoms with van der Waals surface area (Å²) in [5.74, 6) is -0.170. The van der Waals surface area contributed by atoms with Crippen LogP contribution in [0.5, 0.6) is 0 Å². The fourth-order valence-corrected chi connectivity index (χ4v) is 3.04. The summed E-state index contributed by atoms with van der Waals surface area (Å²) in [6.45, 7) is 6.07. The first-order valence-corrected chi connectivity index (χ1v) is 8.81. The van der Waals surface area contributed by atoms with Gasteiger partial charge in [0.25, 0.3) is 5.91 Å². The molecular formula is C19H22N6O3. The lowest BCUT2D eigenvalue weighted by Crippen LogP contribution is -2.23. The van der Waals surface area contributed by atoms with Crippen molar-refractivity contribution in [3.05, 3.63) is 74.3 Å². The molecule has 0 bridgehead atoms. The maximum absolute atomic E-state index is 12.4. The van der Waals surface area contributed by atoms with Crippen molar-refractivity contribution < 1.29 is 9.72 Å². The van der Waals surface area contributed by atoms with Gasteiger partial charge in [0.05, 0.1) is 17.7 Å². The Morgan fingerprint density at radius 2 is 1.86 bits per heavy atom. The molecule has 0 saturated carbocycles. The Morgan fingerprint density at radius 3 is 2.39 bits per heavy atom. The fraction of sp³-hybridized carbons (Fsp3) is 0.316. The van der Waals surface area contributed by atoms with Crippen LogP contribution in [0.25, 0.3) is 0 Å². The third kappa shape index (κ3) is 3.78. The van der Waals surface area contributed by atoms with Crippen LogP contribution in [-0.4, -0.2) is 30.4 Å². The van der Waals surface area contributed by atoms with E-state index in [1.54, 1.807) is 41.5 Å². The molecule has 1 N–H and O–H groups in total. The van der Waals surface area contributed by atoms with Gasteiger partial charge in [-0.25, -0.2) is 0 Å². The highest BCUT2D eigenvalue weighted by atomic mass is 16.6. The molecule has 0 aliphatic carbocycles. The molecule has 28 heavy (non-hydrogen) atoms. The fourth-order valence-electron chi connectivity index (χ4n) is 3.04. The first-order valence-electron chi connectivity index (χ1n) is 8.81. The maximum Gasteiger partial charge on any atom is 0.312 e. The Kier molecular flexibility index (Phi) is 5.25. The molecule has 0 atom stereocenters. The van der Waals surface area contributed by atoms with Crippen molar-refractivity contribution in [3.8, 4) is 0 Å². The van der Waals surface area contributed by atoms with E-state index < -0.39 is 4.92 Å². The Morgan fingerprint density at radius 1 is 1.18 bits per heavy atom. The lowest BCUT2D eigenvalue weighted by Gasteiger charge is -2.07. The number of nitrogens with zero attached hydrogens (tertiary/aromatic N) is 5. The average Bonchev–Trinajstić information content (AvgIpc) is 3.12. The Labute approximate surface area is 162 Å². The minimum Gasteiger partial charge on any atom is -0.348 e. The van der Waals surface area contributed by atoms with Crippen molar-refractivity contribution in [3.63, 3.8) is 0 Å². The lowest BCUT2D eigenvalue weighted by molar-refractivity contribution is -0.386. The van der Waals surface area contributed by atoms with E-state index in [2.05, 4.69) is 15.5 Å². The molecule has 2 heterocycles. The highest BCUT2D eigenvalue weighted by Crippen LogP contribution is 2.22. The van der Waals surface area contributed by atoms with Gasteiger partial charge >= 0.3 is 5.69 Å². The number of hydrogen-bond acceptors (Lipinski definition) is 5. The van der Waals surface area contributed by atoms with Gasteiger partial charge in [-0.1, -0.05) is 12.1 Å². The summed E-state index contributed by atoms with van der Waals surface area (Å²) in [6.07, 6.45) is 1.74. The van der Waals surface area contributed by atoms with Crippen LogP contribution >= 0.6 is 0 Å². The molecule has 1 amide bonds. The smallest absolute Gasteiger partial charge is 0.312 e. The minimum absolute atomic E-state index is 0.0432. The van der Waals surface area contributed by atoms with Gasteiger partial charge in [0.1, 0.15) is 11.4 Å². The zero-order valence-corrected chi connectivity index (χ0v) is 16.3. The van der Waals surface area contributed by atoms with Crippen LogP contribution in [0, 0.1) is 30.9 Å². The monoisotopic (exact) mass is 382 g/mol. The van der Waals surface area contributed by atoms with E-state index in [4.69, 9.17) is 0 Å². The number of carbonyl (C=O) groups excluding carboxylic acids is 1. The van der Waals surface area contributed by atoms with Crippen molar-refractivity contribution in [1.82, 2.24) is 24.9 Å². The van der Waals surface area contributed by atoms with Crippen LogP contribution in [-0.2, 0) is 20.1 Å². The van der Waals surface area contributed by atoms with Gasteiger partial charge in [-0.05, 0) is 38.5 Å². The first-order chi connectivity index (χ1) is 13.3. The summed E-state index contributed by atoms with van der Waals surface area (Å²) in [4.78, 5) is 23.1. The van der Waals surface area contributed by atoms with E-state index in [0.29, 0.717) is 30.0 Å². The number of aryl methyl sites for hydroxylation is 2. The van der Waals surface area contributed by atoms with E-state index in [0.717, 1.165) is 16.8 Å². The molecule has 0 unspecified atom stereocenters. The van der Waals surface area contributed by atoms with E-state index in [-0.39, 0.29) is 11.6 Å². The molecule has 0 aliphatic rings. The van der Waals surface area contributed by atoms with Crippen LogP contribution in [0.3, 0.4) is 0 Å². The molecule has 1 aromatic carbocycles. The van der Waals surface area contributed by atoms with E-state index in [1.165, 1.54) is 0 Å². The first kappa shape index (κ1) is 19.3. The van der Waals surface area contributed by atoms with Crippen LogP contribution in [0.2, 0.25) is 0 Å². The second kappa shape index (κ2) is 7.63. The van der Waals surface area contributed by atoms with E-state index in [1.807, 2.05) is 26.1 Å². The Hall–Kier alpha value is -3.49. The number of aromatic nitrogens is 4. The third-order valence-corrected chi connectivity index (χ3v) is 4.85. The third-order valence-electron chi connectivity index (χ3n) is 4.85. The summed E-state index contributed by atoms with van der Waals surface area (Å²) >= 11 is 0. The quantitative estimate of drug-likeness (QED) is 0.520. The van der Waals surface area contributed by atoms with Gasteiger partial charge in [0, 0.05) is 30.4 Å². The number of benzene rings is 1. The van der Waals surface area contributed by atoms with Gasteiger partial charge in [-0.2, -0.15) is 10.2 Å². The zero-order valence-electron chi connectivity index (χ0n) is 16.3. The average molecular weight is 382 g/mol. The largest absolute Gasteiger partial charge is 0.348 e. The van der Waals surface area contributed by atoms with Crippen molar-refractivity contribution >= 4 is 11.6 Å². The lowest BCUT2D eigenvalue weighted by atomic mass is 10.1. The van der Waals surface area contributed by atoms with Gasteiger partial charge in [0.15, 0.2) is 0 Å². The molecule has 146 valence electrons. The molecule has 0 radical (unpaired) electrons. The normalized spacial score (nSPS) is 10.9. The Balaban J connectivity index is 1.66. The summed E-state index contributed by atoms with van der Waals surface area (Å²) < 4.78 is 3.37. The predicted octanol–water partition coefficient (Wildman–Crippen LogP) is 2.43. The van der Waals surface area contributed by atoms with Crippen LogP contribution < -0.4 is 5.32 Å². The Bertz CT molecular complexity index is 1030. The van der Waals surface area contributed by atoms with Crippen LogP contribution in [0.1, 0.15) is 38.6 Å². The number of amides is 1. The molecular weight excluding hydrogens is 360 g/mol. The second-order valence-electron chi connectivity index (χ2n) is 6.69. The number of carbonyl (C=O) groups is 1. The number of nitrogens with one attached hydrogen (secondary N) is 1. The van der Waals surface area contributed by atoms with Crippen molar-refractivity contribution in [2.45, 2.75) is 33.9 Å². The topological polar surface area (TPSA) is 108 Å². The van der Waals surface area contributed by atoms with Gasteiger partial charge < -0.3 is 5.32 Å². The molecule has 2 aromatic heterocycles. The zero-order chi connectivity index (χ0) is 20.4. The molecule has 3 rings (SSSR count). The van der Waals surface area contributed by atoms with Crippen molar-refractivity contribution in [1.29, 1.82) is 0 Å². The molecule has 9 heteroatoms. The molecule has 0 fully saturated rings. The molecule has 0 aliphatic heterocycles. The van der Waals surface area contributed by atoms with E-state index in [9.17, 15) is 14.9 Å². The summed E-state index contributed by atoms with van der Waals surface area (Å²) in [5.41, 5.74) is 4.38. The standard InChI is InChI=1S/C19H22N6O3/c1-12-18(25(27)28)14(3)24(22-12)11-15-5-7-16(8-6-15)19(26)20-9-17-10-21-23(4)13(17)2/h5-8,10H,9,11H2,1-4H3,(H,20,26). The predicted molar refractivity (Wildman–Crippen MR) is 103 cm³/mol. The van der Waals surface area contributed by atoms with Crippen LogP contribution in [0.15, 0.2) is 30.5 Å². The van der Waals surface area contributed by atoms with Gasteiger partial charge in [0.2, 0.25) is 0 Å². The minimum atomic E-state index is -0.411. The number of nitro groups is 1. The van der Waals surface area contributed by atoms with E-state index >= 15 is 0 Å². The summed E-state index contributed by atoms with van der Waals surface area (Å²) in [5, 5.41) is 22.4. The van der Waals surface area contributed by atoms with Crippen molar-refractivity contribution in [2.24, 2.45) is 7.05 Å². The maximum atomic E-state index is 12.4. The highest BCUT2D eigenvalue weighted by molar-refractivity contribution is 5.94. The number of hydrogen-bond donors (Lipinski definition) is 1. The summed E-state index contributed by atoms with van der Waals surface area (Å²) in [7, 11) is 1.86. The van der Waals surface area contributed by atoms with Gasteiger partial charge in [-0.15, -0.1) is 0 Å². The SMILES string of the molecule is Cc1nn(Cc2ccc(C(=O)NCc3cnn(C)c3C)cc2)c(C)c1[N+](=O)[O-]. The molecule has 3 aromatic rings. The molecule has 0 spiro atoms. The van der Waals surface area contributed by atoms with Crippen LogP contribution in [0.4, 0.5) is 5.69 Å². The van der Waals surface area contributed by atoms with Gasteiger partial charge in [-0.3, -0.25) is 24.3 Å². The summed E-state index contributed by atoms with van der Waals surface area (Å²) in [6, 6.07) is 7.13. The number of rotatable bonds is 6. The highest BCUT2D eigenvalue weighted by Gasteiger charge is 2.21. The molecule has 0 saturated heterocycles.